The van der Waals surface area contributed by atoms with Crippen molar-refractivity contribution in [2.45, 2.75) is 36.1 Å². The normalized spacial score (nSPS) is 20.1. The number of piperidine rings is 1. The number of benzene rings is 2. The van der Waals surface area contributed by atoms with E-state index in [1.54, 1.807) is 37.1 Å². The largest absolute Gasteiger partial charge is 0.496 e. The molecule has 0 bridgehead atoms. The molecule has 0 spiro atoms. The van der Waals surface area contributed by atoms with Crippen molar-refractivity contribution in [3.8, 4) is 5.75 Å². The van der Waals surface area contributed by atoms with Crippen LogP contribution in [-0.2, 0) is 21.4 Å². The van der Waals surface area contributed by atoms with Crippen LogP contribution in [0.15, 0.2) is 52.3 Å². The Morgan fingerprint density at radius 3 is 2.70 bits per heavy atom. The van der Waals surface area contributed by atoms with Crippen molar-refractivity contribution in [1.82, 2.24) is 9.62 Å². The van der Waals surface area contributed by atoms with Crippen molar-refractivity contribution < 1.29 is 17.9 Å². The topological polar surface area (TPSA) is 87.7 Å². The molecule has 1 amide bonds. The maximum absolute atomic E-state index is 12.9. The highest BCUT2D eigenvalue weighted by atomic mass is 32.2. The Kier molecular flexibility index (Phi) is 7.63. The zero-order chi connectivity index (χ0) is 23.4. The highest BCUT2D eigenvalue weighted by Gasteiger charge is 2.25. The molecule has 0 radical (unpaired) electrons. The lowest BCUT2D eigenvalue weighted by molar-refractivity contribution is -0.118. The number of carbonyl (C=O) groups is 1. The fourth-order valence-corrected chi connectivity index (χ4v) is 6.33. The molecule has 2 aromatic rings. The average Bonchev–Trinajstić information content (AvgIpc) is 2.96. The molecule has 2 N–H and O–H groups in total. The number of likely N-dealkylation sites (tertiary alicyclic amines) is 1. The smallest absolute Gasteiger partial charge is 0.240 e. The van der Waals surface area contributed by atoms with Crippen LogP contribution in [0.1, 0.15) is 25.3 Å². The van der Waals surface area contributed by atoms with E-state index < -0.39 is 10.0 Å². The summed E-state index contributed by atoms with van der Waals surface area (Å²) in [5.74, 6) is 1.68. The predicted molar refractivity (Wildman–Crippen MR) is 131 cm³/mol. The van der Waals surface area contributed by atoms with Gasteiger partial charge in [0.05, 0.1) is 17.7 Å². The molecular weight excluding hydrogens is 458 g/mol. The molecule has 4 rings (SSSR count). The van der Waals surface area contributed by atoms with Crippen molar-refractivity contribution in [3.63, 3.8) is 0 Å². The Bertz CT molecular complexity index is 1100. The third-order valence-electron chi connectivity index (χ3n) is 6.31. The van der Waals surface area contributed by atoms with Crippen LogP contribution in [0, 0.1) is 11.8 Å². The molecule has 0 aliphatic carbocycles. The minimum atomic E-state index is -3.65. The van der Waals surface area contributed by atoms with E-state index in [-0.39, 0.29) is 16.7 Å². The first kappa shape index (κ1) is 24.1. The second-order valence-corrected chi connectivity index (χ2v) is 11.6. The van der Waals surface area contributed by atoms with Gasteiger partial charge in [0.15, 0.2) is 0 Å². The number of amides is 1. The van der Waals surface area contributed by atoms with Crippen LogP contribution in [0.2, 0.25) is 0 Å². The number of ether oxygens (including phenoxy) is 1. The summed E-state index contributed by atoms with van der Waals surface area (Å²) in [7, 11) is -1.96. The number of nitrogens with one attached hydrogen (secondary N) is 2. The molecule has 1 saturated heterocycles. The first-order chi connectivity index (χ1) is 15.9. The number of thioether (sulfide) groups is 1. The Balaban J connectivity index is 1.32. The Morgan fingerprint density at radius 1 is 1.18 bits per heavy atom. The van der Waals surface area contributed by atoms with Gasteiger partial charge < -0.3 is 10.1 Å². The van der Waals surface area contributed by atoms with Crippen molar-refractivity contribution in [1.29, 1.82) is 0 Å². The molecule has 2 aromatic carbocycles. The van der Waals surface area contributed by atoms with Gasteiger partial charge in [-0.3, -0.25) is 9.69 Å². The maximum Gasteiger partial charge on any atom is 0.240 e. The zero-order valence-corrected chi connectivity index (χ0v) is 20.7. The van der Waals surface area contributed by atoms with Gasteiger partial charge in [-0.2, -0.15) is 0 Å². The molecule has 178 valence electrons. The molecule has 1 atom stereocenters. The van der Waals surface area contributed by atoms with Crippen LogP contribution < -0.4 is 14.8 Å². The minimum absolute atomic E-state index is 0.0800. The Morgan fingerprint density at radius 2 is 1.94 bits per heavy atom. The third kappa shape index (κ3) is 5.90. The summed E-state index contributed by atoms with van der Waals surface area (Å²) in [6.45, 7) is 4.96. The SMILES string of the molecule is COc1ccccc1CN1CCC(CNS(=O)(=O)c2ccc3c(c2)NC(=O)[C@H](C)CS3)CC1. The van der Waals surface area contributed by atoms with E-state index in [0.717, 1.165) is 43.1 Å². The van der Waals surface area contributed by atoms with Gasteiger partial charge in [0.1, 0.15) is 5.75 Å². The highest BCUT2D eigenvalue weighted by Crippen LogP contribution is 2.34. The summed E-state index contributed by atoms with van der Waals surface area (Å²) in [4.78, 5) is 15.6. The number of anilines is 1. The number of hydrogen-bond acceptors (Lipinski definition) is 6. The number of fused-ring (bicyclic) bond motifs is 1. The fourth-order valence-electron chi connectivity index (χ4n) is 4.18. The Labute approximate surface area is 200 Å². The summed E-state index contributed by atoms with van der Waals surface area (Å²) in [6, 6.07) is 13.0. The molecule has 0 aromatic heterocycles. The van der Waals surface area contributed by atoms with Gasteiger partial charge in [0, 0.05) is 35.2 Å². The summed E-state index contributed by atoms with van der Waals surface area (Å²) in [5, 5.41) is 2.86. The van der Waals surface area contributed by atoms with E-state index in [1.165, 1.54) is 5.56 Å². The van der Waals surface area contributed by atoms with Gasteiger partial charge in [0.25, 0.3) is 0 Å². The molecule has 7 nitrogen and oxygen atoms in total. The molecule has 0 unspecified atom stereocenters. The maximum atomic E-state index is 12.9. The monoisotopic (exact) mass is 489 g/mol. The van der Waals surface area contributed by atoms with Gasteiger partial charge in [-0.25, -0.2) is 13.1 Å². The summed E-state index contributed by atoms with van der Waals surface area (Å²) in [5.41, 5.74) is 1.74. The number of sulfonamides is 1. The first-order valence-electron chi connectivity index (χ1n) is 11.3. The highest BCUT2D eigenvalue weighted by molar-refractivity contribution is 7.99. The third-order valence-corrected chi connectivity index (χ3v) is 9.07. The number of carbonyl (C=O) groups excluding carboxylic acids is 1. The molecule has 0 saturated carbocycles. The molecule has 2 heterocycles. The van der Waals surface area contributed by atoms with Crippen molar-refractivity contribution in [2.75, 3.05) is 37.8 Å². The van der Waals surface area contributed by atoms with Gasteiger partial charge >= 0.3 is 0 Å². The first-order valence-corrected chi connectivity index (χ1v) is 13.7. The van der Waals surface area contributed by atoms with Crippen LogP contribution in [0.4, 0.5) is 5.69 Å². The minimum Gasteiger partial charge on any atom is -0.496 e. The van der Waals surface area contributed by atoms with Crippen molar-refractivity contribution >= 4 is 33.4 Å². The second kappa shape index (κ2) is 10.5. The second-order valence-electron chi connectivity index (χ2n) is 8.74. The van der Waals surface area contributed by atoms with Crippen LogP contribution in [0.3, 0.4) is 0 Å². The van der Waals surface area contributed by atoms with Gasteiger partial charge in [-0.15, -0.1) is 11.8 Å². The summed E-state index contributed by atoms with van der Waals surface area (Å²) >= 11 is 1.57. The Hall–Kier alpha value is -2.07. The number of methoxy groups -OCH3 is 1. The van der Waals surface area contributed by atoms with Crippen molar-refractivity contribution in [3.05, 3.63) is 48.0 Å². The average molecular weight is 490 g/mol. The number of para-hydroxylation sites is 1. The molecule has 1 fully saturated rings. The molecule has 2 aliphatic rings. The lowest BCUT2D eigenvalue weighted by atomic mass is 9.97. The fraction of sp³-hybridized carbons (Fsp3) is 0.458. The van der Waals surface area contributed by atoms with Gasteiger partial charge in [-0.05, 0) is 56.1 Å². The lowest BCUT2D eigenvalue weighted by Gasteiger charge is -2.32. The zero-order valence-electron chi connectivity index (χ0n) is 19.0. The number of hydrogen-bond donors (Lipinski definition) is 2. The van der Waals surface area contributed by atoms with Crippen LogP contribution in [-0.4, -0.2) is 51.7 Å². The van der Waals surface area contributed by atoms with Gasteiger partial charge in [-0.1, -0.05) is 25.1 Å². The van der Waals surface area contributed by atoms with Crippen LogP contribution >= 0.6 is 11.8 Å². The van der Waals surface area contributed by atoms with E-state index in [9.17, 15) is 13.2 Å². The van der Waals surface area contributed by atoms with Crippen LogP contribution in [0.5, 0.6) is 5.75 Å². The quantitative estimate of drug-likeness (QED) is 0.618. The molecule has 33 heavy (non-hydrogen) atoms. The van der Waals surface area contributed by atoms with E-state index in [4.69, 9.17) is 4.74 Å². The van der Waals surface area contributed by atoms with E-state index in [2.05, 4.69) is 21.0 Å². The standard InChI is InChI=1S/C24H31N3O4S2/c1-17-16-32-23-8-7-20(13-21(23)26-24(17)28)33(29,30)25-14-18-9-11-27(12-10-18)15-19-5-3-4-6-22(19)31-2/h3-8,13,17-18,25H,9-12,14-16H2,1-2H3,(H,26,28)/t17-/m1/s1. The van der Waals surface area contributed by atoms with Crippen molar-refractivity contribution in [2.24, 2.45) is 11.8 Å². The van der Waals surface area contributed by atoms with E-state index in [1.807, 2.05) is 25.1 Å². The van der Waals surface area contributed by atoms with E-state index in [0.29, 0.717) is 23.9 Å². The summed E-state index contributed by atoms with van der Waals surface area (Å²) in [6.07, 6.45) is 1.87. The molecule has 9 heteroatoms. The lowest BCUT2D eigenvalue weighted by Crippen LogP contribution is -2.38. The molecular formula is C24H31N3O4S2. The number of rotatable bonds is 7. The molecule has 2 aliphatic heterocycles. The summed E-state index contributed by atoms with van der Waals surface area (Å²) < 4.78 is 34.1. The van der Waals surface area contributed by atoms with E-state index >= 15 is 0 Å². The van der Waals surface area contributed by atoms with Crippen LogP contribution in [0.25, 0.3) is 0 Å². The predicted octanol–water partition coefficient (Wildman–Crippen LogP) is 3.57. The number of nitrogens with zero attached hydrogens (tertiary/aromatic N) is 1. The van der Waals surface area contributed by atoms with Gasteiger partial charge in [0.2, 0.25) is 15.9 Å².